The molecule has 7 nitrogen and oxygen atoms in total. The first-order valence-electron chi connectivity index (χ1n) is 7.75. The molecule has 0 radical (unpaired) electrons. The van der Waals surface area contributed by atoms with Gasteiger partial charge in [-0.15, -0.1) is 0 Å². The number of carbonyl (C=O) groups is 1. The van der Waals surface area contributed by atoms with Gasteiger partial charge in [-0.25, -0.2) is 4.79 Å². The van der Waals surface area contributed by atoms with Crippen molar-refractivity contribution in [3.63, 3.8) is 0 Å². The molecule has 1 aromatic heterocycles. The second-order valence-electron chi connectivity index (χ2n) is 5.37. The van der Waals surface area contributed by atoms with Gasteiger partial charge in [-0.1, -0.05) is 21.1 Å². The van der Waals surface area contributed by atoms with Gasteiger partial charge in [0.05, 0.1) is 10.5 Å². The van der Waals surface area contributed by atoms with Crippen LogP contribution in [-0.4, -0.2) is 21.6 Å². The maximum absolute atomic E-state index is 12.2. The van der Waals surface area contributed by atoms with Crippen molar-refractivity contribution in [2.75, 3.05) is 0 Å². The van der Waals surface area contributed by atoms with Gasteiger partial charge in [-0.05, 0) is 48.5 Å². The molecule has 0 N–H and O–H groups in total. The lowest BCUT2D eigenvalue weighted by molar-refractivity contribution is -0.384. The molecule has 27 heavy (non-hydrogen) atoms. The number of carbonyl (C=O) groups excluding carboxylic acids is 1. The number of non-ortho nitro benzene ring substituents is 1. The Balaban J connectivity index is 1.92. The fourth-order valence-corrected chi connectivity index (χ4v) is 2.51. The van der Waals surface area contributed by atoms with Crippen LogP contribution in [0.2, 0.25) is 0 Å². The lowest BCUT2D eigenvalue weighted by Gasteiger charge is -2.07. The molecule has 3 rings (SSSR count). The van der Waals surface area contributed by atoms with Crippen LogP contribution < -0.4 is 0 Å². The summed E-state index contributed by atoms with van der Waals surface area (Å²) in [6, 6.07) is 15.9. The van der Waals surface area contributed by atoms with Gasteiger partial charge in [0.1, 0.15) is 5.71 Å². The Morgan fingerprint density at radius 2 is 1.48 bits per heavy atom. The second-order valence-corrected chi connectivity index (χ2v) is 6.28. The van der Waals surface area contributed by atoms with E-state index in [2.05, 4.69) is 26.1 Å². The Morgan fingerprint density at radius 1 is 0.926 bits per heavy atom. The van der Waals surface area contributed by atoms with E-state index >= 15 is 0 Å². The highest BCUT2D eigenvalue weighted by molar-refractivity contribution is 9.10. The molecule has 0 saturated heterocycles. The third kappa shape index (κ3) is 4.62. The molecule has 3 aromatic rings. The number of nitrogens with zero attached hydrogens (tertiary/aromatic N) is 3. The van der Waals surface area contributed by atoms with Gasteiger partial charge in [0.2, 0.25) is 0 Å². The van der Waals surface area contributed by atoms with E-state index in [1.54, 1.807) is 60.9 Å². The van der Waals surface area contributed by atoms with E-state index < -0.39 is 10.9 Å². The molecule has 0 amide bonds. The Hall–Kier alpha value is -3.39. The SMILES string of the molecule is O=C(O/N=C(/c1ccncc1)c1ccc([N+](=O)[O-])cc1)c1ccc(Br)cc1. The molecule has 8 heteroatoms. The summed E-state index contributed by atoms with van der Waals surface area (Å²) in [6.07, 6.45) is 3.15. The third-order valence-electron chi connectivity index (χ3n) is 3.61. The molecule has 0 fully saturated rings. The normalized spacial score (nSPS) is 11.1. The first-order valence-corrected chi connectivity index (χ1v) is 8.54. The number of benzene rings is 2. The summed E-state index contributed by atoms with van der Waals surface area (Å²) < 4.78 is 0.839. The number of aromatic nitrogens is 1. The number of rotatable bonds is 5. The van der Waals surface area contributed by atoms with E-state index in [0.29, 0.717) is 22.4 Å². The molecule has 134 valence electrons. The number of nitro groups is 1. The lowest BCUT2D eigenvalue weighted by Crippen LogP contribution is -2.08. The maximum atomic E-state index is 12.2. The number of oxime groups is 1. The first-order chi connectivity index (χ1) is 13.0. The van der Waals surface area contributed by atoms with Crippen LogP contribution in [0.5, 0.6) is 0 Å². The highest BCUT2D eigenvalue weighted by Crippen LogP contribution is 2.17. The lowest BCUT2D eigenvalue weighted by atomic mass is 10.0. The zero-order chi connectivity index (χ0) is 19.2. The zero-order valence-electron chi connectivity index (χ0n) is 13.8. The first kappa shape index (κ1) is 18.4. The van der Waals surface area contributed by atoms with Crippen LogP contribution in [0.1, 0.15) is 21.5 Å². The average Bonchev–Trinajstić information content (AvgIpc) is 2.69. The summed E-state index contributed by atoms with van der Waals surface area (Å²) in [5.41, 5.74) is 1.88. The van der Waals surface area contributed by atoms with E-state index in [1.165, 1.54) is 12.1 Å². The van der Waals surface area contributed by atoms with Crippen molar-refractivity contribution in [1.29, 1.82) is 0 Å². The third-order valence-corrected chi connectivity index (χ3v) is 4.13. The van der Waals surface area contributed by atoms with Crippen molar-refractivity contribution in [2.24, 2.45) is 5.16 Å². The fraction of sp³-hybridized carbons (Fsp3) is 0. The zero-order valence-corrected chi connectivity index (χ0v) is 15.4. The summed E-state index contributed by atoms with van der Waals surface area (Å²) >= 11 is 3.30. The molecule has 0 unspecified atom stereocenters. The fourth-order valence-electron chi connectivity index (χ4n) is 2.25. The number of nitro benzene ring substituents is 1. The summed E-state index contributed by atoms with van der Waals surface area (Å²) in [7, 11) is 0. The van der Waals surface area contributed by atoms with E-state index in [1.807, 2.05) is 0 Å². The van der Waals surface area contributed by atoms with Crippen LogP contribution in [0.15, 0.2) is 82.7 Å². The molecular weight excluding hydrogens is 414 g/mol. The van der Waals surface area contributed by atoms with Crippen molar-refractivity contribution in [2.45, 2.75) is 0 Å². The average molecular weight is 426 g/mol. The molecule has 0 aliphatic carbocycles. The van der Waals surface area contributed by atoms with Crippen molar-refractivity contribution in [3.05, 3.63) is 104 Å². The smallest absolute Gasteiger partial charge is 0.312 e. The van der Waals surface area contributed by atoms with Crippen LogP contribution in [0.25, 0.3) is 0 Å². The Kier molecular flexibility index (Phi) is 5.68. The summed E-state index contributed by atoms with van der Waals surface area (Å²) in [6.45, 7) is 0. The molecule has 0 aliphatic rings. The minimum absolute atomic E-state index is 0.0420. The number of hydrogen-bond acceptors (Lipinski definition) is 6. The van der Waals surface area contributed by atoms with Crippen LogP contribution in [0, 0.1) is 10.1 Å². The largest absolute Gasteiger partial charge is 0.365 e. The molecule has 0 atom stereocenters. The molecule has 0 saturated carbocycles. The number of halogens is 1. The van der Waals surface area contributed by atoms with E-state index in [4.69, 9.17) is 4.84 Å². The number of pyridine rings is 1. The maximum Gasteiger partial charge on any atom is 0.365 e. The predicted molar refractivity (Wildman–Crippen MR) is 103 cm³/mol. The van der Waals surface area contributed by atoms with E-state index in [9.17, 15) is 14.9 Å². The van der Waals surface area contributed by atoms with Gasteiger partial charge < -0.3 is 4.84 Å². The minimum atomic E-state index is -0.615. The standard InChI is InChI=1S/C19H12BrN3O4/c20-16-5-1-15(2-6-16)19(24)27-22-18(14-9-11-21-12-10-14)13-3-7-17(8-4-13)23(25)26/h1-12H/b22-18+. The highest BCUT2D eigenvalue weighted by Gasteiger charge is 2.13. The topological polar surface area (TPSA) is 94.7 Å². The van der Waals surface area contributed by atoms with Crippen molar-refractivity contribution >= 4 is 33.3 Å². The quantitative estimate of drug-likeness (QED) is 0.262. The van der Waals surface area contributed by atoms with Crippen molar-refractivity contribution < 1.29 is 14.6 Å². The van der Waals surface area contributed by atoms with Crippen molar-refractivity contribution in [3.8, 4) is 0 Å². The van der Waals surface area contributed by atoms with Gasteiger partial charge in [0.15, 0.2) is 0 Å². The Morgan fingerprint density at radius 3 is 2.07 bits per heavy atom. The van der Waals surface area contributed by atoms with Crippen LogP contribution >= 0.6 is 15.9 Å². The van der Waals surface area contributed by atoms with Crippen LogP contribution in [0.3, 0.4) is 0 Å². The highest BCUT2D eigenvalue weighted by atomic mass is 79.9. The van der Waals surface area contributed by atoms with Gasteiger partial charge in [-0.2, -0.15) is 0 Å². The molecule has 1 heterocycles. The van der Waals surface area contributed by atoms with Gasteiger partial charge in [-0.3, -0.25) is 15.1 Å². The van der Waals surface area contributed by atoms with Gasteiger partial charge in [0.25, 0.3) is 5.69 Å². The van der Waals surface area contributed by atoms with Crippen LogP contribution in [0.4, 0.5) is 5.69 Å². The molecule has 0 spiro atoms. The van der Waals surface area contributed by atoms with E-state index in [0.717, 1.165) is 4.47 Å². The Bertz CT molecular complexity index is 988. The summed E-state index contributed by atoms with van der Waals surface area (Å²) in [5.74, 6) is -0.615. The van der Waals surface area contributed by atoms with Gasteiger partial charge >= 0.3 is 5.97 Å². The summed E-state index contributed by atoms with van der Waals surface area (Å²) in [5, 5.41) is 14.8. The van der Waals surface area contributed by atoms with Crippen molar-refractivity contribution in [1.82, 2.24) is 4.98 Å². The number of hydrogen-bond donors (Lipinski definition) is 0. The van der Waals surface area contributed by atoms with E-state index in [-0.39, 0.29) is 5.69 Å². The van der Waals surface area contributed by atoms with Gasteiger partial charge in [0, 0.05) is 40.1 Å². The minimum Gasteiger partial charge on any atom is -0.312 e. The molecular formula is C19H12BrN3O4. The summed E-state index contributed by atoms with van der Waals surface area (Å²) in [4.78, 5) is 31.6. The predicted octanol–water partition coefficient (Wildman–Crippen LogP) is 4.36. The molecule has 0 bridgehead atoms. The molecule has 2 aromatic carbocycles. The monoisotopic (exact) mass is 425 g/mol. The second kappa shape index (κ2) is 8.33. The van der Waals surface area contributed by atoms with Crippen LogP contribution in [-0.2, 0) is 4.84 Å². The molecule has 0 aliphatic heterocycles. The Labute approximate surface area is 162 Å².